The zero-order chi connectivity index (χ0) is 16.4. The van der Waals surface area contributed by atoms with E-state index in [4.69, 9.17) is 0 Å². The molecule has 2 aliphatic rings. The molecular weight excluding hydrogens is 296 g/mol. The van der Waals surface area contributed by atoms with E-state index in [1.54, 1.807) is 0 Å². The van der Waals surface area contributed by atoms with Crippen molar-refractivity contribution in [1.82, 2.24) is 4.90 Å². The zero-order valence-electron chi connectivity index (χ0n) is 13.9. The number of rotatable bonds is 4. The minimum atomic E-state index is 0.0769. The van der Waals surface area contributed by atoms with Crippen LogP contribution in [0.25, 0.3) is 0 Å². The zero-order valence-corrected chi connectivity index (χ0v) is 13.9. The molecule has 0 aromatic heterocycles. The quantitative estimate of drug-likeness (QED) is 0.922. The van der Waals surface area contributed by atoms with E-state index in [2.05, 4.69) is 40.5 Å². The first-order valence-corrected chi connectivity index (χ1v) is 8.94. The molecule has 1 amide bonds. The van der Waals surface area contributed by atoms with Gasteiger partial charge in [-0.05, 0) is 36.5 Å². The van der Waals surface area contributed by atoms with Gasteiger partial charge in [-0.25, -0.2) is 0 Å². The normalized spacial score (nSPS) is 26.2. The van der Waals surface area contributed by atoms with Gasteiger partial charge < -0.3 is 5.32 Å². The van der Waals surface area contributed by atoms with Crippen LogP contribution in [0, 0.1) is 5.92 Å². The van der Waals surface area contributed by atoms with Gasteiger partial charge in [0.15, 0.2) is 0 Å². The maximum absolute atomic E-state index is 12.5. The Kier molecular flexibility index (Phi) is 4.11. The van der Waals surface area contributed by atoms with Crippen LogP contribution in [-0.2, 0) is 10.3 Å². The van der Waals surface area contributed by atoms with Gasteiger partial charge in [0, 0.05) is 12.2 Å². The highest BCUT2D eigenvalue weighted by Crippen LogP contribution is 2.53. The van der Waals surface area contributed by atoms with Gasteiger partial charge in [0.2, 0.25) is 5.91 Å². The number of nitrogens with one attached hydrogen (secondary N) is 1. The summed E-state index contributed by atoms with van der Waals surface area (Å²) in [4.78, 5) is 14.9. The number of para-hydroxylation sites is 1. The number of nitrogens with zero attached hydrogens (tertiary/aromatic N) is 1. The van der Waals surface area contributed by atoms with E-state index in [0.717, 1.165) is 12.2 Å². The Hall–Kier alpha value is -2.13. The lowest BCUT2D eigenvalue weighted by Crippen LogP contribution is -2.67. The second kappa shape index (κ2) is 6.40. The van der Waals surface area contributed by atoms with E-state index in [9.17, 15) is 4.79 Å². The number of hydrogen-bond donors (Lipinski definition) is 1. The Bertz CT molecular complexity index is 700. The highest BCUT2D eigenvalue weighted by atomic mass is 16.2. The summed E-state index contributed by atoms with van der Waals surface area (Å²) in [6.45, 7) is 1.51. The molecule has 0 bridgehead atoms. The van der Waals surface area contributed by atoms with Crippen LogP contribution in [0.4, 0.5) is 5.69 Å². The van der Waals surface area contributed by atoms with E-state index in [1.807, 2.05) is 30.3 Å². The molecule has 3 heteroatoms. The molecule has 2 aromatic carbocycles. The van der Waals surface area contributed by atoms with Crippen LogP contribution in [0.5, 0.6) is 0 Å². The van der Waals surface area contributed by atoms with Crippen molar-refractivity contribution in [2.45, 2.75) is 31.2 Å². The molecule has 2 atom stereocenters. The fraction of sp³-hybridized carbons (Fsp3) is 0.381. The van der Waals surface area contributed by atoms with Gasteiger partial charge in [0.25, 0.3) is 0 Å². The van der Waals surface area contributed by atoms with E-state index in [1.165, 1.54) is 31.2 Å². The minimum Gasteiger partial charge on any atom is -0.325 e. The summed E-state index contributed by atoms with van der Waals surface area (Å²) in [7, 11) is 0. The summed E-state index contributed by atoms with van der Waals surface area (Å²) in [5.41, 5.74) is 2.33. The van der Waals surface area contributed by atoms with Crippen LogP contribution in [0.1, 0.15) is 31.2 Å². The Morgan fingerprint density at radius 1 is 1.04 bits per heavy atom. The monoisotopic (exact) mass is 320 g/mol. The molecule has 1 aliphatic heterocycles. The number of amides is 1. The summed E-state index contributed by atoms with van der Waals surface area (Å²) < 4.78 is 0. The Morgan fingerprint density at radius 3 is 2.46 bits per heavy atom. The lowest BCUT2D eigenvalue weighted by atomic mass is 9.62. The molecule has 0 radical (unpaired) electrons. The molecule has 1 heterocycles. The van der Waals surface area contributed by atoms with E-state index >= 15 is 0 Å². The number of carbonyl (C=O) groups excluding carboxylic acids is 1. The smallest absolute Gasteiger partial charge is 0.238 e. The summed E-state index contributed by atoms with van der Waals surface area (Å²) >= 11 is 0. The molecule has 124 valence electrons. The van der Waals surface area contributed by atoms with Crippen LogP contribution in [0.3, 0.4) is 0 Å². The van der Waals surface area contributed by atoms with Crippen LogP contribution < -0.4 is 5.32 Å². The van der Waals surface area contributed by atoms with Crippen LogP contribution in [0.15, 0.2) is 60.7 Å². The first-order valence-electron chi connectivity index (χ1n) is 8.94. The standard InChI is InChI=1S/C21H24N2O/c24-20(22-19-12-5-2-6-13-19)16-23-15-18-11-7-8-14-21(18,23)17-9-3-1-4-10-17/h1-6,9-10,12-13,18H,7-8,11,14-16H2,(H,22,24)/t18-,21-/m0/s1. The third kappa shape index (κ3) is 2.63. The largest absolute Gasteiger partial charge is 0.325 e. The second-order valence-corrected chi connectivity index (χ2v) is 7.03. The average Bonchev–Trinajstić information content (AvgIpc) is 2.61. The van der Waals surface area contributed by atoms with Crippen molar-refractivity contribution < 1.29 is 4.79 Å². The highest BCUT2D eigenvalue weighted by molar-refractivity contribution is 5.92. The lowest BCUT2D eigenvalue weighted by Gasteiger charge is -2.61. The number of benzene rings is 2. The molecule has 1 saturated carbocycles. The van der Waals surface area contributed by atoms with Crippen molar-refractivity contribution in [3.05, 3.63) is 66.2 Å². The summed E-state index contributed by atoms with van der Waals surface area (Å²) in [6.07, 6.45) is 5.03. The summed E-state index contributed by atoms with van der Waals surface area (Å²) in [6, 6.07) is 20.5. The lowest BCUT2D eigenvalue weighted by molar-refractivity contribution is -0.138. The minimum absolute atomic E-state index is 0.0769. The third-order valence-corrected chi connectivity index (χ3v) is 5.71. The van der Waals surface area contributed by atoms with Crippen molar-refractivity contribution in [2.24, 2.45) is 5.92 Å². The number of anilines is 1. The molecule has 1 N–H and O–H groups in total. The van der Waals surface area contributed by atoms with Crippen LogP contribution in [-0.4, -0.2) is 23.9 Å². The van der Waals surface area contributed by atoms with Gasteiger partial charge in [0.1, 0.15) is 0 Å². The number of likely N-dealkylation sites (tertiary alicyclic amines) is 1. The maximum atomic E-state index is 12.5. The fourth-order valence-electron chi connectivity index (χ4n) is 4.59. The number of carbonyl (C=O) groups is 1. The molecule has 3 nitrogen and oxygen atoms in total. The molecule has 1 aliphatic carbocycles. The Labute approximate surface area is 143 Å². The third-order valence-electron chi connectivity index (χ3n) is 5.71. The van der Waals surface area contributed by atoms with Gasteiger partial charge in [-0.2, -0.15) is 0 Å². The Morgan fingerprint density at radius 2 is 1.75 bits per heavy atom. The molecular formula is C21H24N2O. The van der Waals surface area contributed by atoms with Gasteiger partial charge in [-0.3, -0.25) is 9.69 Å². The summed E-state index contributed by atoms with van der Waals surface area (Å²) in [5, 5.41) is 3.02. The molecule has 2 aromatic rings. The van der Waals surface area contributed by atoms with Crippen molar-refractivity contribution in [3.8, 4) is 0 Å². The van der Waals surface area contributed by atoms with Gasteiger partial charge >= 0.3 is 0 Å². The van der Waals surface area contributed by atoms with Gasteiger partial charge in [-0.15, -0.1) is 0 Å². The topological polar surface area (TPSA) is 32.3 Å². The van der Waals surface area contributed by atoms with Crippen molar-refractivity contribution >= 4 is 11.6 Å². The van der Waals surface area contributed by atoms with Gasteiger partial charge in [0.05, 0.1) is 12.1 Å². The highest BCUT2D eigenvalue weighted by Gasteiger charge is 2.55. The number of hydrogen-bond acceptors (Lipinski definition) is 2. The molecule has 24 heavy (non-hydrogen) atoms. The van der Waals surface area contributed by atoms with Crippen LogP contribution >= 0.6 is 0 Å². The van der Waals surface area contributed by atoms with Crippen LogP contribution in [0.2, 0.25) is 0 Å². The average molecular weight is 320 g/mol. The first-order chi connectivity index (χ1) is 11.8. The summed E-state index contributed by atoms with van der Waals surface area (Å²) in [5.74, 6) is 0.777. The molecule has 4 rings (SSSR count). The second-order valence-electron chi connectivity index (χ2n) is 7.03. The molecule has 0 spiro atoms. The van der Waals surface area contributed by atoms with E-state index in [0.29, 0.717) is 12.5 Å². The van der Waals surface area contributed by atoms with E-state index in [-0.39, 0.29) is 11.4 Å². The molecule has 0 unspecified atom stereocenters. The van der Waals surface area contributed by atoms with Gasteiger partial charge in [-0.1, -0.05) is 61.4 Å². The maximum Gasteiger partial charge on any atom is 0.238 e. The number of fused-ring (bicyclic) bond motifs is 1. The fourth-order valence-corrected chi connectivity index (χ4v) is 4.59. The van der Waals surface area contributed by atoms with E-state index < -0.39 is 0 Å². The van der Waals surface area contributed by atoms with Crippen molar-refractivity contribution in [1.29, 1.82) is 0 Å². The first kappa shape index (κ1) is 15.4. The Balaban J connectivity index is 1.51. The predicted octanol–water partition coefficient (Wildman–Crippen LogP) is 4.03. The van der Waals surface area contributed by atoms with Crippen molar-refractivity contribution in [3.63, 3.8) is 0 Å². The van der Waals surface area contributed by atoms with Crippen molar-refractivity contribution in [2.75, 3.05) is 18.4 Å². The SMILES string of the molecule is O=C(CN1C[C@@H]2CCCC[C@]21c1ccccc1)Nc1ccccc1. The molecule has 1 saturated heterocycles. The molecule has 2 fully saturated rings. The predicted molar refractivity (Wildman–Crippen MR) is 96.7 cm³/mol.